The molecule has 2 aliphatic rings. The number of hydrogen-bond donors (Lipinski definition) is 0. The van der Waals surface area contributed by atoms with Crippen LogP contribution in [0.3, 0.4) is 0 Å². The standard InChI is InChI=1S/C33H40Br3N2.HI/c1-7-9-19-37-28-15-11-24(35)21-26(28)32(3,4)30(37)17-13-23(34)14-18-31-33(5,6)27-22-25(36)12-16-29(27)38(31)20-10-8-2;/h11-18,21-22H,7-10,19-20H2,1-6H3;1H/q+1;/p-1. The number of halogens is 4. The van der Waals surface area contributed by atoms with Crippen LogP contribution < -0.4 is 28.9 Å². The number of allylic oxidation sites excluding steroid dienone is 6. The summed E-state index contributed by atoms with van der Waals surface area (Å²) in [4.78, 5) is 2.52. The van der Waals surface area contributed by atoms with E-state index in [1.54, 1.807) is 0 Å². The molecule has 0 unspecified atom stereocenters. The van der Waals surface area contributed by atoms with E-state index in [9.17, 15) is 0 Å². The predicted octanol–water partition coefficient (Wildman–Crippen LogP) is 7.71. The van der Waals surface area contributed by atoms with Crippen LogP contribution in [0, 0.1) is 0 Å². The van der Waals surface area contributed by atoms with Gasteiger partial charge in [-0.05, 0) is 74.4 Å². The lowest BCUT2D eigenvalue weighted by Gasteiger charge is -2.27. The fourth-order valence-electron chi connectivity index (χ4n) is 5.78. The van der Waals surface area contributed by atoms with Crippen LogP contribution in [-0.2, 0) is 10.8 Å². The monoisotopic (exact) mass is 828 g/mol. The highest BCUT2D eigenvalue weighted by molar-refractivity contribution is 9.12. The van der Waals surface area contributed by atoms with Gasteiger partial charge in [-0.1, -0.05) is 88.3 Å². The largest absolute Gasteiger partial charge is 1.00 e. The van der Waals surface area contributed by atoms with Crippen LogP contribution in [0.4, 0.5) is 11.4 Å². The van der Waals surface area contributed by atoms with E-state index in [0.29, 0.717) is 0 Å². The zero-order chi connectivity index (χ0) is 27.7. The lowest BCUT2D eigenvalue weighted by molar-refractivity contribution is -0.438. The molecule has 0 N–H and O–H groups in total. The number of benzene rings is 2. The van der Waals surface area contributed by atoms with Gasteiger partial charge in [0.15, 0.2) is 5.71 Å². The molecule has 2 aromatic carbocycles. The van der Waals surface area contributed by atoms with Crippen LogP contribution in [0.5, 0.6) is 0 Å². The lowest BCUT2D eigenvalue weighted by atomic mass is 9.81. The first kappa shape index (κ1) is 32.8. The Hall–Kier alpha value is -0.700. The van der Waals surface area contributed by atoms with Crippen molar-refractivity contribution in [2.24, 2.45) is 0 Å². The summed E-state index contributed by atoms with van der Waals surface area (Å²) in [6.07, 6.45) is 13.8. The van der Waals surface area contributed by atoms with Crippen molar-refractivity contribution in [2.45, 2.75) is 78.1 Å². The quantitative estimate of drug-likeness (QED) is 0.143. The van der Waals surface area contributed by atoms with Gasteiger partial charge in [-0.3, -0.25) is 0 Å². The number of anilines is 1. The van der Waals surface area contributed by atoms with Gasteiger partial charge in [0.2, 0.25) is 5.69 Å². The van der Waals surface area contributed by atoms with Gasteiger partial charge in [0.25, 0.3) is 0 Å². The van der Waals surface area contributed by atoms with Crippen molar-refractivity contribution in [2.75, 3.05) is 18.0 Å². The van der Waals surface area contributed by atoms with Crippen LogP contribution in [0.1, 0.15) is 78.4 Å². The molecule has 6 heteroatoms. The minimum absolute atomic E-state index is 0. The molecule has 39 heavy (non-hydrogen) atoms. The van der Waals surface area contributed by atoms with E-state index >= 15 is 0 Å². The molecular formula is C33H40Br3IN2. The van der Waals surface area contributed by atoms with Crippen molar-refractivity contribution in [3.63, 3.8) is 0 Å². The van der Waals surface area contributed by atoms with Crippen molar-refractivity contribution >= 4 is 64.9 Å². The van der Waals surface area contributed by atoms with Crippen LogP contribution in [-0.4, -0.2) is 23.4 Å². The molecule has 2 nitrogen and oxygen atoms in total. The van der Waals surface area contributed by atoms with Gasteiger partial charge in [-0.25, -0.2) is 0 Å². The summed E-state index contributed by atoms with van der Waals surface area (Å²) in [5.41, 5.74) is 8.00. The van der Waals surface area contributed by atoms with E-state index in [-0.39, 0.29) is 34.8 Å². The molecule has 0 atom stereocenters. The maximum atomic E-state index is 3.87. The molecule has 0 bridgehead atoms. The van der Waals surface area contributed by atoms with E-state index in [4.69, 9.17) is 0 Å². The summed E-state index contributed by atoms with van der Waals surface area (Å²) in [6.45, 7) is 15.9. The molecule has 2 heterocycles. The fourth-order valence-corrected chi connectivity index (χ4v) is 6.77. The van der Waals surface area contributed by atoms with Crippen molar-refractivity contribution in [3.05, 3.63) is 91.0 Å². The van der Waals surface area contributed by atoms with E-state index in [1.807, 2.05) is 0 Å². The second-order valence-electron chi connectivity index (χ2n) is 11.4. The summed E-state index contributed by atoms with van der Waals surface area (Å²) in [5.74, 6) is 0. The third-order valence-corrected chi connectivity index (χ3v) is 9.49. The smallest absolute Gasteiger partial charge is 0.209 e. The molecular weight excluding hydrogens is 791 g/mol. The van der Waals surface area contributed by atoms with E-state index < -0.39 is 0 Å². The Labute approximate surface area is 278 Å². The SMILES string of the molecule is CCCCN1/C(=C/C=C(Br)/C=C/C2=[N+](CCCC)c3ccc(Br)cc3C2(C)C)C(C)(C)c2cc(Br)ccc21.[I-]. The summed E-state index contributed by atoms with van der Waals surface area (Å²) in [7, 11) is 0. The second-order valence-corrected chi connectivity index (χ2v) is 14.2. The number of hydrogen-bond acceptors (Lipinski definition) is 1. The molecule has 0 radical (unpaired) electrons. The summed E-state index contributed by atoms with van der Waals surface area (Å²) in [5, 5.41) is 0. The Morgan fingerprint density at radius 3 is 2.21 bits per heavy atom. The number of unbranched alkanes of at least 4 members (excludes halogenated alkanes) is 2. The first-order valence-corrected chi connectivity index (χ1v) is 16.2. The van der Waals surface area contributed by atoms with Crippen molar-refractivity contribution in [3.8, 4) is 0 Å². The van der Waals surface area contributed by atoms with Gasteiger partial charge in [0.05, 0.1) is 5.41 Å². The van der Waals surface area contributed by atoms with Crippen LogP contribution in [0.2, 0.25) is 0 Å². The van der Waals surface area contributed by atoms with Gasteiger partial charge < -0.3 is 28.9 Å². The van der Waals surface area contributed by atoms with Gasteiger partial charge in [0.1, 0.15) is 6.54 Å². The molecule has 0 saturated heterocycles. The topological polar surface area (TPSA) is 6.25 Å². The second kappa shape index (κ2) is 13.5. The molecule has 210 valence electrons. The highest BCUT2D eigenvalue weighted by atomic mass is 127. The summed E-state index contributed by atoms with van der Waals surface area (Å²) < 4.78 is 5.86. The van der Waals surface area contributed by atoms with Crippen molar-refractivity contribution in [1.82, 2.24) is 0 Å². The van der Waals surface area contributed by atoms with Gasteiger partial charge in [-0.15, -0.1) is 0 Å². The van der Waals surface area contributed by atoms with E-state index in [2.05, 4.69) is 160 Å². The Morgan fingerprint density at radius 1 is 0.897 bits per heavy atom. The third-order valence-electron chi connectivity index (χ3n) is 7.98. The maximum Gasteiger partial charge on any atom is 0.209 e. The maximum absolute atomic E-state index is 3.87. The summed E-state index contributed by atoms with van der Waals surface area (Å²) in [6, 6.07) is 13.4. The van der Waals surface area contributed by atoms with Crippen molar-refractivity contribution in [1.29, 1.82) is 0 Å². The van der Waals surface area contributed by atoms with Crippen LogP contribution in [0.15, 0.2) is 79.8 Å². The predicted molar refractivity (Wildman–Crippen MR) is 176 cm³/mol. The molecule has 4 rings (SSSR count). The fraction of sp³-hybridized carbons (Fsp3) is 0.424. The molecule has 2 aromatic rings. The zero-order valence-corrected chi connectivity index (χ0v) is 30.8. The molecule has 0 aromatic heterocycles. The van der Waals surface area contributed by atoms with Gasteiger partial charge in [-0.2, -0.15) is 4.58 Å². The Balaban J connectivity index is 0.00000420. The van der Waals surface area contributed by atoms with Gasteiger partial charge >= 0.3 is 0 Å². The van der Waals surface area contributed by atoms with Gasteiger partial charge in [0, 0.05) is 60.9 Å². The highest BCUT2D eigenvalue weighted by Crippen LogP contribution is 2.49. The van der Waals surface area contributed by atoms with E-state index in [1.165, 1.54) is 59.6 Å². The Kier molecular flexibility index (Phi) is 11.4. The normalized spacial score (nSPS) is 18.6. The Morgan fingerprint density at radius 2 is 1.54 bits per heavy atom. The van der Waals surface area contributed by atoms with Crippen LogP contribution >= 0.6 is 47.8 Å². The van der Waals surface area contributed by atoms with Crippen LogP contribution in [0.25, 0.3) is 0 Å². The zero-order valence-electron chi connectivity index (χ0n) is 23.9. The summed E-state index contributed by atoms with van der Waals surface area (Å²) >= 11 is 11.3. The highest BCUT2D eigenvalue weighted by Gasteiger charge is 2.44. The number of rotatable bonds is 9. The molecule has 0 spiro atoms. The molecule has 0 saturated carbocycles. The first-order valence-electron chi connectivity index (χ1n) is 13.8. The first-order chi connectivity index (χ1) is 18.0. The molecule has 0 amide bonds. The minimum atomic E-state index is -0.0610. The average Bonchev–Trinajstić information content (AvgIpc) is 3.21. The molecule has 0 fully saturated rings. The number of fused-ring (bicyclic) bond motifs is 2. The number of nitrogens with zero attached hydrogens (tertiary/aromatic N) is 2. The van der Waals surface area contributed by atoms with E-state index in [0.717, 1.165) is 26.5 Å². The molecule has 0 aliphatic carbocycles. The minimum Gasteiger partial charge on any atom is -1.00 e. The van der Waals surface area contributed by atoms with Crippen molar-refractivity contribution < 1.29 is 28.6 Å². The molecule has 2 aliphatic heterocycles. The lowest BCUT2D eigenvalue weighted by Crippen LogP contribution is -3.00. The average molecular weight is 831 g/mol. The third kappa shape index (κ3) is 6.70. The Bertz CT molecular complexity index is 1330.